The van der Waals surface area contributed by atoms with Crippen LogP contribution < -0.4 is 10.1 Å². The molecule has 0 aliphatic heterocycles. The summed E-state index contributed by atoms with van der Waals surface area (Å²) >= 11 is 7.26. The molecule has 0 atom stereocenters. The summed E-state index contributed by atoms with van der Waals surface area (Å²) in [6.07, 6.45) is 2.06. The molecule has 0 fully saturated rings. The van der Waals surface area contributed by atoms with Gasteiger partial charge in [-0.3, -0.25) is 4.79 Å². The summed E-state index contributed by atoms with van der Waals surface area (Å²) in [5.74, 6) is 1.32. The Morgan fingerprint density at radius 3 is 3.04 bits per heavy atom. The monoisotopic (exact) mass is 378 g/mol. The Morgan fingerprint density at radius 2 is 2.28 bits per heavy atom. The van der Waals surface area contributed by atoms with Crippen LogP contribution in [0.4, 0.5) is 5.69 Å². The number of carbonyl (C=O) groups is 1. The molecule has 3 aromatic rings. The van der Waals surface area contributed by atoms with E-state index in [2.05, 4.69) is 20.5 Å². The number of aromatic nitrogens is 3. The van der Waals surface area contributed by atoms with Gasteiger partial charge in [0, 0.05) is 23.4 Å². The van der Waals surface area contributed by atoms with Crippen molar-refractivity contribution in [3.8, 4) is 17.3 Å². The third-order valence-electron chi connectivity index (χ3n) is 3.23. The smallest absolute Gasteiger partial charge is 0.276 e. The van der Waals surface area contributed by atoms with Crippen molar-refractivity contribution in [3.05, 3.63) is 41.6 Å². The van der Waals surface area contributed by atoms with Gasteiger partial charge in [0.25, 0.3) is 11.1 Å². The predicted molar refractivity (Wildman–Crippen MR) is 96.1 cm³/mol. The number of hydrogen-bond acceptors (Lipinski definition) is 6. The first-order chi connectivity index (χ1) is 12.2. The topological polar surface area (TPSA) is 93.0 Å². The largest absolute Gasteiger partial charge is 0.495 e. The van der Waals surface area contributed by atoms with E-state index >= 15 is 0 Å². The van der Waals surface area contributed by atoms with Gasteiger partial charge in [0.15, 0.2) is 0 Å². The summed E-state index contributed by atoms with van der Waals surface area (Å²) in [5.41, 5.74) is 1.29. The lowest BCUT2D eigenvalue weighted by Gasteiger charge is -2.10. The lowest BCUT2D eigenvalue weighted by atomic mass is 10.3. The van der Waals surface area contributed by atoms with Crippen molar-refractivity contribution in [2.75, 3.05) is 18.2 Å². The molecule has 0 unspecified atom stereocenters. The summed E-state index contributed by atoms with van der Waals surface area (Å²) < 4.78 is 10.7. The van der Waals surface area contributed by atoms with E-state index < -0.39 is 0 Å². The maximum Gasteiger partial charge on any atom is 0.276 e. The number of anilines is 1. The Bertz CT molecular complexity index is 851. The van der Waals surface area contributed by atoms with E-state index in [1.54, 1.807) is 24.4 Å². The van der Waals surface area contributed by atoms with Crippen LogP contribution in [0, 0.1) is 0 Å². The number of ether oxygens (including phenoxy) is 1. The number of carbonyl (C=O) groups excluding carboxylic acids is 1. The molecule has 0 bridgehead atoms. The Hall–Kier alpha value is -2.45. The fourth-order valence-electron chi connectivity index (χ4n) is 2.06. The lowest BCUT2D eigenvalue weighted by molar-refractivity contribution is -0.115. The fourth-order valence-corrected chi connectivity index (χ4v) is 2.93. The number of nitrogens with one attached hydrogen (secondary N) is 2. The Labute approximate surface area is 153 Å². The number of hydrogen-bond donors (Lipinski definition) is 2. The molecule has 2 aromatic heterocycles. The first-order valence-electron chi connectivity index (χ1n) is 7.39. The number of rotatable bonds is 7. The van der Waals surface area contributed by atoms with Crippen LogP contribution in [-0.4, -0.2) is 34.0 Å². The molecule has 0 radical (unpaired) electrons. The van der Waals surface area contributed by atoms with Gasteiger partial charge in [-0.05, 0) is 30.3 Å². The maximum absolute atomic E-state index is 12.1. The highest BCUT2D eigenvalue weighted by Crippen LogP contribution is 2.28. The van der Waals surface area contributed by atoms with E-state index in [4.69, 9.17) is 20.8 Å². The second-order valence-electron chi connectivity index (χ2n) is 4.95. The van der Waals surface area contributed by atoms with Crippen LogP contribution in [0.25, 0.3) is 11.6 Å². The number of nitrogens with zero attached hydrogens (tertiary/aromatic N) is 2. The highest BCUT2D eigenvalue weighted by atomic mass is 35.5. The molecule has 0 aliphatic rings. The Kier molecular flexibility index (Phi) is 5.62. The molecule has 7 nitrogen and oxygen atoms in total. The van der Waals surface area contributed by atoms with Crippen LogP contribution in [0.1, 0.15) is 6.42 Å². The zero-order valence-corrected chi connectivity index (χ0v) is 14.9. The second kappa shape index (κ2) is 8.09. The standard InChI is InChI=1S/C16H15ClN4O3S/c1-23-13-5-4-10(17)9-12(13)19-14(22)6-8-25-16-21-20-15(24-16)11-3-2-7-18-11/h2-5,7,9,18H,6,8H2,1H3,(H,19,22). The van der Waals surface area contributed by atoms with Crippen molar-refractivity contribution in [3.63, 3.8) is 0 Å². The zero-order valence-electron chi connectivity index (χ0n) is 13.3. The Morgan fingerprint density at radius 1 is 1.40 bits per heavy atom. The molecule has 2 N–H and O–H groups in total. The van der Waals surface area contributed by atoms with E-state index in [0.29, 0.717) is 33.3 Å². The van der Waals surface area contributed by atoms with Crippen molar-refractivity contribution < 1.29 is 13.9 Å². The number of H-pyrrole nitrogens is 1. The number of amides is 1. The van der Waals surface area contributed by atoms with E-state index in [1.807, 2.05) is 12.1 Å². The average Bonchev–Trinajstić information content (AvgIpc) is 3.26. The average molecular weight is 379 g/mol. The van der Waals surface area contributed by atoms with Gasteiger partial charge in [0.05, 0.1) is 12.8 Å². The molecule has 3 rings (SSSR count). The summed E-state index contributed by atoms with van der Waals surface area (Å²) in [4.78, 5) is 15.1. The summed E-state index contributed by atoms with van der Waals surface area (Å²) in [6, 6.07) is 8.73. The third kappa shape index (κ3) is 4.55. The molecular formula is C16H15ClN4O3S. The van der Waals surface area contributed by atoms with Crippen molar-refractivity contribution in [1.82, 2.24) is 15.2 Å². The highest BCUT2D eigenvalue weighted by Gasteiger charge is 2.12. The van der Waals surface area contributed by atoms with Crippen LogP contribution in [0.3, 0.4) is 0 Å². The molecule has 0 spiro atoms. The van der Waals surface area contributed by atoms with Gasteiger partial charge in [-0.25, -0.2) is 0 Å². The molecule has 130 valence electrons. The van der Waals surface area contributed by atoms with Crippen LogP contribution in [0.5, 0.6) is 5.75 Å². The quantitative estimate of drug-likeness (QED) is 0.606. The van der Waals surface area contributed by atoms with Crippen molar-refractivity contribution in [2.45, 2.75) is 11.6 Å². The zero-order chi connectivity index (χ0) is 17.6. The van der Waals surface area contributed by atoms with E-state index in [9.17, 15) is 4.79 Å². The second-order valence-corrected chi connectivity index (χ2v) is 6.43. The van der Waals surface area contributed by atoms with Crippen molar-refractivity contribution in [2.24, 2.45) is 0 Å². The van der Waals surface area contributed by atoms with Crippen LogP contribution in [-0.2, 0) is 4.79 Å². The van der Waals surface area contributed by atoms with E-state index in [-0.39, 0.29) is 12.3 Å². The molecule has 1 amide bonds. The third-order valence-corrected chi connectivity index (χ3v) is 4.28. The summed E-state index contributed by atoms with van der Waals surface area (Å²) in [6.45, 7) is 0. The first kappa shape index (κ1) is 17.4. The molecule has 0 saturated heterocycles. The normalized spacial score (nSPS) is 10.6. The summed E-state index contributed by atoms with van der Waals surface area (Å²) in [7, 11) is 1.53. The van der Waals surface area contributed by atoms with Crippen LogP contribution in [0.2, 0.25) is 5.02 Å². The van der Waals surface area contributed by atoms with Gasteiger partial charge < -0.3 is 19.5 Å². The highest BCUT2D eigenvalue weighted by molar-refractivity contribution is 7.99. The number of benzene rings is 1. The minimum absolute atomic E-state index is 0.155. The van der Waals surface area contributed by atoms with Gasteiger partial charge in [-0.2, -0.15) is 0 Å². The van der Waals surface area contributed by atoms with Gasteiger partial charge in [0.2, 0.25) is 5.91 Å². The van der Waals surface area contributed by atoms with Crippen molar-refractivity contribution >= 4 is 35.0 Å². The number of aromatic amines is 1. The predicted octanol–water partition coefficient (Wildman–Crippen LogP) is 3.85. The molecule has 9 heteroatoms. The van der Waals surface area contributed by atoms with E-state index in [1.165, 1.54) is 18.9 Å². The molecule has 25 heavy (non-hydrogen) atoms. The fraction of sp³-hybridized carbons (Fsp3) is 0.188. The molecule has 2 heterocycles. The minimum atomic E-state index is -0.155. The van der Waals surface area contributed by atoms with Gasteiger partial charge >= 0.3 is 0 Å². The summed E-state index contributed by atoms with van der Waals surface area (Å²) in [5, 5.41) is 11.6. The maximum atomic E-state index is 12.1. The Balaban J connectivity index is 1.51. The number of methoxy groups -OCH3 is 1. The SMILES string of the molecule is COc1ccc(Cl)cc1NC(=O)CCSc1nnc(-c2ccc[nH]2)o1. The van der Waals surface area contributed by atoms with E-state index in [0.717, 1.165) is 5.69 Å². The van der Waals surface area contributed by atoms with Gasteiger partial charge in [0.1, 0.15) is 11.4 Å². The van der Waals surface area contributed by atoms with Crippen molar-refractivity contribution in [1.29, 1.82) is 0 Å². The van der Waals surface area contributed by atoms with Gasteiger partial charge in [-0.1, -0.05) is 23.4 Å². The van der Waals surface area contributed by atoms with Gasteiger partial charge in [-0.15, -0.1) is 10.2 Å². The molecule has 1 aromatic carbocycles. The van der Waals surface area contributed by atoms with Crippen LogP contribution >= 0.6 is 23.4 Å². The minimum Gasteiger partial charge on any atom is -0.495 e. The number of halogens is 1. The lowest BCUT2D eigenvalue weighted by Crippen LogP contribution is -2.13. The first-order valence-corrected chi connectivity index (χ1v) is 8.75. The molecule has 0 saturated carbocycles. The van der Waals surface area contributed by atoms with Crippen LogP contribution in [0.15, 0.2) is 46.2 Å². The number of thioether (sulfide) groups is 1. The molecule has 0 aliphatic carbocycles. The molecular weight excluding hydrogens is 364 g/mol.